The number of rotatable bonds is 8. The molecule has 0 spiro atoms. The predicted molar refractivity (Wildman–Crippen MR) is 62.0 cm³/mol. The molecule has 0 rings (SSSR count). The maximum absolute atomic E-state index is 11.2. The van der Waals surface area contributed by atoms with Crippen molar-refractivity contribution in [2.75, 3.05) is 13.2 Å². The SMILES string of the molecule is CC/C=C\CCCC(=O)OC(=O)C(CO)CO. The van der Waals surface area contributed by atoms with Gasteiger partial charge in [0.25, 0.3) is 0 Å². The Labute approximate surface area is 101 Å². The van der Waals surface area contributed by atoms with Gasteiger partial charge in [0.05, 0.1) is 13.2 Å². The molecule has 0 amide bonds. The van der Waals surface area contributed by atoms with Crippen molar-refractivity contribution in [3.8, 4) is 0 Å². The summed E-state index contributed by atoms with van der Waals surface area (Å²) in [5, 5.41) is 17.4. The molecule has 0 radical (unpaired) electrons. The minimum Gasteiger partial charge on any atom is -0.395 e. The summed E-state index contributed by atoms with van der Waals surface area (Å²) in [4.78, 5) is 22.4. The number of aliphatic hydroxyl groups excluding tert-OH is 2. The molecule has 2 N–H and O–H groups in total. The van der Waals surface area contributed by atoms with E-state index in [2.05, 4.69) is 4.74 Å². The standard InChI is InChI=1S/C12H20O5/c1-2-3-4-5-6-7-11(15)17-12(16)10(8-13)9-14/h3-4,10,13-14H,2,5-9H2,1H3/b4-3-. The molecule has 0 aliphatic rings. The largest absolute Gasteiger partial charge is 0.395 e. The molecule has 0 aromatic heterocycles. The van der Waals surface area contributed by atoms with Crippen molar-refractivity contribution in [2.24, 2.45) is 5.92 Å². The molecule has 0 aliphatic carbocycles. The highest BCUT2D eigenvalue weighted by Crippen LogP contribution is 2.03. The normalized spacial score (nSPS) is 11.1. The summed E-state index contributed by atoms with van der Waals surface area (Å²) in [5.74, 6) is -2.52. The van der Waals surface area contributed by atoms with Gasteiger partial charge in [0.1, 0.15) is 5.92 Å². The Balaban J connectivity index is 3.78. The highest BCUT2D eigenvalue weighted by Gasteiger charge is 2.20. The second kappa shape index (κ2) is 9.99. The van der Waals surface area contributed by atoms with Crippen molar-refractivity contribution in [3.63, 3.8) is 0 Å². The van der Waals surface area contributed by atoms with Gasteiger partial charge in [-0.3, -0.25) is 9.59 Å². The third kappa shape index (κ3) is 7.65. The predicted octanol–water partition coefficient (Wildman–Crippen LogP) is 0.793. The van der Waals surface area contributed by atoms with Crippen LogP contribution in [0.25, 0.3) is 0 Å². The van der Waals surface area contributed by atoms with Crippen molar-refractivity contribution in [3.05, 3.63) is 12.2 Å². The first-order valence-corrected chi connectivity index (χ1v) is 5.76. The topological polar surface area (TPSA) is 83.8 Å². The number of hydrogen-bond acceptors (Lipinski definition) is 5. The van der Waals surface area contributed by atoms with E-state index < -0.39 is 31.1 Å². The summed E-state index contributed by atoms with van der Waals surface area (Å²) in [6.07, 6.45) is 6.47. The van der Waals surface area contributed by atoms with Gasteiger partial charge in [-0.15, -0.1) is 0 Å². The lowest BCUT2D eigenvalue weighted by Crippen LogP contribution is -2.26. The molecule has 0 saturated heterocycles. The molecule has 0 fully saturated rings. The van der Waals surface area contributed by atoms with E-state index in [0.29, 0.717) is 6.42 Å². The third-order valence-corrected chi connectivity index (χ3v) is 2.14. The molecule has 5 heteroatoms. The molecule has 0 unspecified atom stereocenters. The minimum absolute atomic E-state index is 0.156. The van der Waals surface area contributed by atoms with Gasteiger partial charge in [-0.1, -0.05) is 19.1 Å². The Hall–Kier alpha value is -1.20. The van der Waals surface area contributed by atoms with E-state index in [1.165, 1.54) is 0 Å². The number of unbranched alkanes of at least 4 members (excludes halogenated alkanes) is 1. The molecule has 0 aliphatic heterocycles. The van der Waals surface area contributed by atoms with Crippen molar-refractivity contribution < 1.29 is 24.5 Å². The van der Waals surface area contributed by atoms with Crippen LogP contribution in [0.5, 0.6) is 0 Å². The van der Waals surface area contributed by atoms with Crippen LogP contribution in [0.4, 0.5) is 0 Å². The zero-order valence-electron chi connectivity index (χ0n) is 10.1. The number of ether oxygens (including phenoxy) is 1. The molecular formula is C12H20O5. The van der Waals surface area contributed by atoms with Gasteiger partial charge in [-0.2, -0.15) is 0 Å². The molecule has 0 aromatic carbocycles. The Morgan fingerprint density at radius 2 is 1.88 bits per heavy atom. The second-order valence-corrected chi connectivity index (χ2v) is 3.63. The van der Waals surface area contributed by atoms with Gasteiger partial charge in [0.15, 0.2) is 0 Å². The number of carbonyl (C=O) groups is 2. The van der Waals surface area contributed by atoms with Crippen LogP contribution in [0.15, 0.2) is 12.2 Å². The molecule has 5 nitrogen and oxygen atoms in total. The van der Waals surface area contributed by atoms with E-state index in [1.54, 1.807) is 0 Å². The lowest BCUT2D eigenvalue weighted by molar-refractivity contribution is -0.164. The van der Waals surface area contributed by atoms with E-state index in [9.17, 15) is 9.59 Å². The minimum atomic E-state index is -1.03. The number of hydrogen-bond donors (Lipinski definition) is 2. The van der Waals surface area contributed by atoms with Crippen LogP contribution in [0.3, 0.4) is 0 Å². The van der Waals surface area contributed by atoms with Crippen LogP contribution in [0.1, 0.15) is 32.6 Å². The molecule has 0 saturated carbocycles. The van der Waals surface area contributed by atoms with E-state index in [1.807, 2.05) is 19.1 Å². The van der Waals surface area contributed by atoms with Gasteiger partial charge in [-0.25, -0.2) is 0 Å². The molecule has 0 aromatic rings. The van der Waals surface area contributed by atoms with Crippen molar-refractivity contribution >= 4 is 11.9 Å². The van der Waals surface area contributed by atoms with E-state index in [-0.39, 0.29) is 6.42 Å². The molecule has 98 valence electrons. The van der Waals surface area contributed by atoms with Gasteiger partial charge >= 0.3 is 11.9 Å². The van der Waals surface area contributed by atoms with Gasteiger partial charge in [-0.05, 0) is 19.3 Å². The molecule has 17 heavy (non-hydrogen) atoms. The molecular weight excluding hydrogens is 224 g/mol. The van der Waals surface area contributed by atoms with E-state index in [0.717, 1.165) is 12.8 Å². The number of allylic oxidation sites excluding steroid dienone is 2. The Morgan fingerprint density at radius 3 is 2.41 bits per heavy atom. The van der Waals surface area contributed by atoms with Crippen LogP contribution in [-0.4, -0.2) is 35.4 Å². The second-order valence-electron chi connectivity index (χ2n) is 3.63. The molecule has 0 heterocycles. The highest BCUT2D eigenvalue weighted by atomic mass is 16.6. The summed E-state index contributed by atoms with van der Waals surface area (Å²) in [6.45, 7) is 0.969. The average Bonchev–Trinajstić information content (AvgIpc) is 2.30. The zero-order valence-corrected chi connectivity index (χ0v) is 10.1. The monoisotopic (exact) mass is 244 g/mol. The quantitative estimate of drug-likeness (QED) is 0.285. The van der Waals surface area contributed by atoms with E-state index in [4.69, 9.17) is 10.2 Å². The fraction of sp³-hybridized carbons (Fsp3) is 0.667. The van der Waals surface area contributed by atoms with Crippen LogP contribution in [0, 0.1) is 5.92 Å². The lowest BCUT2D eigenvalue weighted by atomic mass is 10.2. The van der Waals surface area contributed by atoms with Gasteiger partial charge < -0.3 is 14.9 Å². The fourth-order valence-electron chi connectivity index (χ4n) is 1.10. The van der Waals surface area contributed by atoms with Crippen molar-refractivity contribution in [1.29, 1.82) is 0 Å². The van der Waals surface area contributed by atoms with Gasteiger partial charge in [0, 0.05) is 6.42 Å². The average molecular weight is 244 g/mol. The summed E-state index contributed by atoms with van der Waals surface area (Å²) in [6, 6.07) is 0. The summed E-state index contributed by atoms with van der Waals surface area (Å²) >= 11 is 0. The Morgan fingerprint density at radius 1 is 1.24 bits per heavy atom. The number of aliphatic hydroxyl groups is 2. The summed E-state index contributed by atoms with van der Waals surface area (Å²) < 4.78 is 4.48. The molecule has 0 atom stereocenters. The first kappa shape index (κ1) is 15.8. The smallest absolute Gasteiger partial charge is 0.321 e. The zero-order chi connectivity index (χ0) is 13.1. The lowest BCUT2D eigenvalue weighted by Gasteiger charge is -2.08. The highest BCUT2D eigenvalue weighted by molar-refractivity contribution is 5.86. The third-order valence-electron chi connectivity index (χ3n) is 2.14. The molecule has 0 bridgehead atoms. The van der Waals surface area contributed by atoms with Crippen LogP contribution < -0.4 is 0 Å². The van der Waals surface area contributed by atoms with Crippen molar-refractivity contribution in [1.82, 2.24) is 0 Å². The first-order chi connectivity index (χ1) is 8.15. The maximum atomic E-state index is 11.2. The Bertz CT molecular complexity index is 256. The first-order valence-electron chi connectivity index (χ1n) is 5.76. The fourth-order valence-corrected chi connectivity index (χ4v) is 1.10. The van der Waals surface area contributed by atoms with E-state index >= 15 is 0 Å². The van der Waals surface area contributed by atoms with Crippen molar-refractivity contribution in [2.45, 2.75) is 32.6 Å². The Kier molecular flexibility index (Phi) is 9.28. The van der Waals surface area contributed by atoms with Crippen LogP contribution in [-0.2, 0) is 14.3 Å². The van der Waals surface area contributed by atoms with Crippen LogP contribution >= 0.6 is 0 Å². The van der Waals surface area contributed by atoms with Gasteiger partial charge in [0.2, 0.25) is 0 Å². The number of esters is 2. The summed E-state index contributed by atoms with van der Waals surface area (Å²) in [7, 11) is 0. The summed E-state index contributed by atoms with van der Waals surface area (Å²) in [5.41, 5.74) is 0. The maximum Gasteiger partial charge on any atom is 0.321 e. The number of carbonyl (C=O) groups excluding carboxylic acids is 2. The van der Waals surface area contributed by atoms with Crippen LogP contribution in [0.2, 0.25) is 0 Å².